The van der Waals surface area contributed by atoms with Crippen LogP contribution in [0.5, 0.6) is 5.75 Å². The fourth-order valence-electron chi connectivity index (χ4n) is 3.18. The van der Waals surface area contributed by atoms with Crippen LogP contribution >= 0.6 is 0 Å². The summed E-state index contributed by atoms with van der Waals surface area (Å²) in [5.41, 5.74) is -4.87. The van der Waals surface area contributed by atoms with E-state index < -0.39 is 34.9 Å². The maximum atomic E-state index is 13.3. The van der Waals surface area contributed by atoms with E-state index in [0.717, 1.165) is 24.3 Å². The predicted octanol–water partition coefficient (Wildman–Crippen LogP) is 5.85. The molecule has 0 bridgehead atoms. The molecule has 0 fully saturated rings. The van der Waals surface area contributed by atoms with E-state index in [-0.39, 0.29) is 16.7 Å². The molecule has 0 aromatic heterocycles. The number of aliphatic hydroxyl groups is 1. The summed E-state index contributed by atoms with van der Waals surface area (Å²) in [6, 6.07) is 12.1. The van der Waals surface area contributed by atoms with Crippen molar-refractivity contribution in [1.29, 1.82) is 0 Å². The average Bonchev–Trinajstić information content (AvgIpc) is 2.77. The van der Waals surface area contributed by atoms with E-state index in [2.05, 4.69) is 0 Å². The summed E-state index contributed by atoms with van der Waals surface area (Å²) in [4.78, 5) is 13.3. The largest absolute Gasteiger partial charge is 0.497 e. The van der Waals surface area contributed by atoms with Gasteiger partial charge in [0, 0.05) is 5.56 Å². The van der Waals surface area contributed by atoms with E-state index in [9.17, 15) is 36.2 Å². The number of halogens is 6. The molecule has 0 aliphatic heterocycles. The Labute approximate surface area is 178 Å². The lowest BCUT2D eigenvalue weighted by atomic mass is 9.80. The number of rotatable bonds is 5. The Bertz CT molecular complexity index is 1090. The molecule has 3 rings (SSSR count). The molecule has 0 heterocycles. The van der Waals surface area contributed by atoms with Crippen molar-refractivity contribution >= 4 is 5.78 Å². The zero-order valence-corrected chi connectivity index (χ0v) is 16.5. The first-order chi connectivity index (χ1) is 14.9. The smallest absolute Gasteiger partial charge is 0.416 e. The molecule has 0 saturated carbocycles. The SMILES string of the molecule is COc1ccc([C@@](O)(C(=O)c2ccc(C(F)(F)F)cc2)c2ccc(C(F)(F)F)cc2)cc1. The van der Waals surface area contributed by atoms with Crippen LogP contribution in [0.4, 0.5) is 26.3 Å². The highest BCUT2D eigenvalue weighted by atomic mass is 19.4. The number of carbonyl (C=O) groups excluding carboxylic acids is 1. The summed E-state index contributed by atoms with van der Waals surface area (Å²) >= 11 is 0. The molecule has 0 aliphatic carbocycles. The molecule has 0 aliphatic rings. The number of methoxy groups -OCH3 is 1. The van der Waals surface area contributed by atoms with Crippen molar-refractivity contribution in [2.24, 2.45) is 0 Å². The Morgan fingerprint density at radius 3 is 1.38 bits per heavy atom. The maximum Gasteiger partial charge on any atom is 0.416 e. The van der Waals surface area contributed by atoms with Crippen molar-refractivity contribution in [3.8, 4) is 5.75 Å². The number of ketones is 1. The number of alkyl halides is 6. The van der Waals surface area contributed by atoms with E-state index in [1.807, 2.05) is 0 Å². The zero-order valence-electron chi connectivity index (χ0n) is 16.5. The number of ether oxygens (including phenoxy) is 1. The van der Waals surface area contributed by atoms with Crippen LogP contribution in [-0.2, 0) is 18.0 Å². The summed E-state index contributed by atoms with van der Waals surface area (Å²) in [6.45, 7) is 0. The lowest BCUT2D eigenvalue weighted by Gasteiger charge is -2.28. The van der Waals surface area contributed by atoms with Crippen LogP contribution in [0, 0.1) is 0 Å². The number of hydrogen-bond acceptors (Lipinski definition) is 3. The van der Waals surface area contributed by atoms with Crippen LogP contribution in [0.1, 0.15) is 32.6 Å². The van der Waals surface area contributed by atoms with Gasteiger partial charge in [-0.2, -0.15) is 26.3 Å². The molecule has 1 N–H and O–H groups in total. The molecular weight excluding hydrogens is 438 g/mol. The molecule has 3 aromatic rings. The molecule has 0 unspecified atom stereocenters. The summed E-state index contributed by atoms with van der Waals surface area (Å²) in [5, 5.41) is 11.5. The Morgan fingerprint density at radius 1 is 0.656 bits per heavy atom. The molecule has 1 atom stereocenters. The van der Waals surface area contributed by atoms with E-state index in [4.69, 9.17) is 4.74 Å². The van der Waals surface area contributed by atoms with Gasteiger partial charge in [-0.1, -0.05) is 36.4 Å². The van der Waals surface area contributed by atoms with Crippen molar-refractivity contribution in [2.45, 2.75) is 18.0 Å². The van der Waals surface area contributed by atoms with Gasteiger partial charge in [-0.15, -0.1) is 0 Å². The maximum absolute atomic E-state index is 13.3. The molecular formula is C23H16F6O3. The highest BCUT2D eigenvalue weighted by molar-refractivity contribution is 6.05. The third-order valence-electron chi connectivity index (χ3n) is 4.94. The molecule has 9 heteroatoms. The average molecular weight is 454 g/mol. The minimum atomic E-state index is -4.63. The Balaban J connectivity index is 2.12. The first kappa shape index (κ1) is 23.3. The molecule has 0 saturated heterocycles. The molecule has 3 aromatic carbocycles. The van der Waals surface area contributed by atoms with Gasteiger partial charge in [0.25, 0.3) is 0 Å². The lowest BCUT2D eigenvalue weighted by Crippen LogP contribution is -2.37. The van der Waals surface area contributed by atoms with Gasteiger partial charge in [-0.3, -0.25) is 4.79 Å². The van der Waals surface area contributed by atoms with Crippen LogP contribution in [0.15, 0.2) is 72.8 Å². The third kappa shape index (κ3) is 4.47. The van der Waals surface area contributed by atoms with Gasteiger partial charge in [-0.05, 0) is 47.5 Å². The summed E-state index contributed by atoms with van der Waals surface area (Å²) in [5.74, 6) is -0.610. The van der Waals surface area contributed by atoms with Crippen LogP contribution in [0.2, 0.25) is 0 Å². The topological polar surface area (TPSA) is 46.5 Å². The van der Waals surface area contributed by atoms with Crippen LogP contribution in [0.3, 0.4) is 0 Å². The van der Waals surface area contributed by atoms with Crippen molar-refractivity contribution in [1.82, 2.24) is 0 Å². The third-order valence-corrected chi connectivity index (χ3v) is 4.94. The molecule has 0 amide bonds. The van der Waals surface area contributed by atoms with E-state index >= 15 is 0 Å². The minimum Gasteiger partial charge on any atom is -0.497 e. The fourth-order valence-corrected chi connectivity index (χ4v) is 3.18. The summed E-state index contributed by atoms with van der Waals surface area (Å²) in [7, 11) is 1.39. The van der Waals surface area contributed by atoms with Gasteiger partial charge in [0.05, 0.1) is 18.2 Å². The predicted molar refractivity (Wildman–Crippen MR) is 103 cm³/mol. The molecule has 0 radical (unpaired) electrons. The van der Waals surface area contributed by atoms with Crippen LogP contribution in [0.25, 0.3) is 0 Å². The lowest BCUT2D eigenvalue weighted by molar-refractivity contribution is -0.138. The van der Waals surface area contributed by atoms with E-state index in [1.54, 1.807) is 0 Å². The normalized spacial score (nSPS) is 14.0. The zero-order chi connectivity index (χ0) is 23.7. The molecule has 3 nitrogen and oxygen atoms in total. The Kier molecular flexibility index (Phi) is 6.06. The second-order valence-corrected chi connectivity index (χ2v) is 6.92. The quantitative estimate of drug-likeness (QED) is 0.389. The highest BCUT2D eigenvalue weighted by Crippen LogP contribution is 2.37. The molecule has 32 heavy (non-hydrogen) atoms. The summed E-state index contributed by atoms with van der Waals surface area (Å²) in [6.07, 6.45) is -9.25. The minimum absolute atomic E-state index is 0.00274. The van der Waals surface area contributed by atoms with Gasteiger partial charge in [0.2, 0.25) is 5.78 Å². The van der Waals surface area contributed by atoms with E-state index in [1.165, 1.54) is 31.4 Å². The Morgan fingerprint density at radius 2 is 1.00 bits per heavy atom. The number of Topliss-reactive ketones (excluding diaryl/α,β-unsaturated/α-hetero) is 1. The van der Waals surface area contributed by atoms with Gasteiger partial charge >= 0.3 is 12.4 Å². The second kappa shape index (κ2) is 8.31. The number of hydrogen-bond donors (Lipinski definition) is 1. The van der Waals surface area contributed by atoms with Crippen LogP contribution < -0.4 is 4.74 Å². The number of carbonyl (C=O) groups is 1. The number of benzene rings is 3. The Hall–Kier alpha value is -3.33. The van der Waals surface area contributed by atoms with Crippen LogP contribution in [-0.4, -0.2) is 18.0 Å². The fraction of sp³-hybridized carbons (Fsp3) is 0.174. The van der Waals surface area contributed by atoms with Crippen molar-refractivity contribution in [3.63, 3.8) is 0 Å². The van der Waals surface area contributed by atoms with Gasteiger partial charge in [0.15, 0.2) is 5.60 Å². The van der Waals surface area contributed by atoms with Crippen molar-refractivity contribution < 1.29 is 41.0 Å². The van der Waals surface area contributed by atoms with Crippen molar-refractivity contribution in [3.05, 3.63) is 101 Å². The second-order valence-electron chi connectivity index (χ2n) is 6.92. The first-order valence-corrected chi connectivity index (χ1v) is 9.14. The highest BCUT2D eigenvalue weighted by Gasteiger charge is 2.41. The van der Waals surface area contributed by atoms with E-state index in [0.29, 0.717) is 30.0 Å². The monoisotopic (exact) mass is 454 g/mol. The first-order valence-electron chi connectivity index (χ1n) is 9.14. The van der Waals surface area contributed by atoms with Gasteiger partial charge in [0.1, 0.15) is 5.75 Å². The van der Waals surface area contributed by atoms with Crippen molar-refractivity contribution in [2.75, 3.05) is 7.11 Å². The summed E-state index contributed by atoms with van der Waals surface area (Å²) < 4.78 is 82.4. The molecule has 0 spiro atoms. The standard InChI is InChI=1S/C23H16F6O3/c1-32-19-12-10-16(11-13-19)21(31,15-6-8-18(9-7-15)23(27,28)29)20(30)14-2-4-17(5-3-14)22(24,25)26/h2-13,31H,1H3/t21-/m1/s1. The molecule has 168 valence electrons. The van der Waals surface area contributed by atoms with Gasteiger partial charge < -0.3 is 9.84 Å². The van der Waals surface area contributed by atoms with Gasteiger partial charge in [-0.25, -0.2) is 0 Å².